The van der Waals surface area contributed by atoms with Gasteiger partial charge in [0.25, 0.3) is 5.91 Å². The second-order valence-electron chi connectivity index (χ2n) is 13.3. The first-order valence-electron chi connectivity index (χ1n) is 16.9. The number of amides is 1. The number of nitrogens with zero attached hydrogens (tertiary/aromatic N) is 8. The van der Waals surface area contributed by atoms with E-state index in [9.17, 15) is 9.90 Å². The van der Waals surface area contributed by atoms with Crippen molar-refractivity contribution in [3.8, 4) is 11.3 Å². The molecule has 12 nitrogen and oxygen atoms in total. The van der Waals surface area contributed by atoms with Gasteiger partial charge in [0, 0.05) is 80.9 Å². The zero-order valence-electron chi connectivity index (χ0n) is 26.7. The van der Waals surface area contributed by atoms with Gasteiger partial charge < -0.3 is 29.0 Å². The normalized spacial score (nSPS) is 21.8. The molecule has 0 saturated carbocycles. The Morgan fingerprint density at radius 1 is 1.02 bits per heavy atom. The molecule has 7 heterocycles. The Hall–Kier alpha value is -4.43. The van der Waals surface area contributed by atoms with Crippen molar-refractivity contribution in [3.05, 3.63) is 77.0 Å². The van der Waals surface area contributed by atoms with Gasteiger partial charge in [-0.15, -0.1) is 0 Å². The molecule has 1 amide bonds. The second kappa shape index (κ2) is 11.9. The molecule has 1 aromatic carbocycles. The Kier molecular flexibility index (Phi) is 7.37. The van der Waals surface area contributed by atoms with Crippen LogP contribution in [0.5, 0.6) is 0 Å². The van der Waals surface area contributed by atoms with E-state index in [0.717, 1.165) is 65.1 Å². The molecule has 5 aliphatic rings. The van der Waals surface area contributed by atoms with Gasteiger partial charge >= 0.3 is 0 Å². The number of halogens is 1. The smallest absolute Gasteiger partial charge is 0.274 e. The number of imidazole rings is 1. The van der Waals surface area contributed by atoms with Crippen molar-refractivity contribution in [2.24, 2.45) is 4.99 Å². The quantitative estimate of drug-likeness (QED) is 0.314. The van der Waals surface area contributed by atoms with Gasteiger partial charge in [0.15, 0.2) is 11.5 Å². The van der Waals surface area contributed by atoms with Gasteiger partial charge in [-0.2, -0.15) is 0 Å². The second-order valence-corrected chi connectivity index (χ2v) is 13.3. The van der Waals surface area contributed by atoms with E-state index in [0.29, 0.717) is 64.6 Å². The number of carbonyl (C=O) groups is 1. The molecule has 4 aliphatic heterocycles. The maximum atomic E-state index is 15.5. The summed E-state index contributed by atoms with van der Waals surface area (Å²) in [6, 6.07) is 5.35. The van der Waals surface area contributed by atoms with E-state index in [1.54, 1.807) is 23.5 Å². The van der Waals surface area contributed by atoms with Crippen LogP contribution in [-0.4, -0.2) is 104 Å². The van der Waals surface area contributed by atoms with Crippen LogP contribution in [0.1, 0.15) is 40.2 Å². The predicted molar refractivity (Wildman–Crippen MR) is 179 cm³/mol. The molecule has 9 rings (SSSR count). The fraction of sp³-hybridized carbons (Fsp3) is 0.429. The number of hydrogen-bond acceptors (Lipinski definition) is 9. The van der Waals surface area contributed by atoms with E-state index in [1.165, 1.54) is 23.4 Å². The summed E-state index contributed by atoms with van der Waals surface area (Å²) in [5, 5.41) is 14.1. The SMILES string of the molecule is O=C1c2cc3c(n2CCN1c1cc(F)cc(-c2cn4ccnc4c(NC4=CC(N5CCN(C6COC6)CC5)C=N4)n2)c1CO)CCCC3. The summed E-state index contributed by atoms with van der Waals surface area (Å²) in [5.74, 6) is 0.435. The Labute approximate surface area is 277 Å². The van der Waals surface area contributed by atoms with Crippen molar-refractivity contribution in [1.29, 1.82) is 0 Å². The number of aliphatic hydroxyl groups is 1. The first kappa shape index (κ1) is 29.7. The molecular formula is C35H38FN9O3. The minimum atomic E-state index is -0.511. The minimum Gasteiger partial charge on any atom is -0.392 e. The molecule has 1 unspecified atom stereocenters. The van der Waals surface area contributed by atoms with Crippen LogP contribution in [0.3, 0.4) is 0 Å². The largest absolute Gasteiger partial charge is 0.392 e. The number of benzene rings is 1. The molecule has 4 aromatic rings. The third-order valence-electron chi connectivity index (χ3n) is 10.6. The first-order chi connectivity index (χ1) is 23.5. The molecule has 3 aromatic heterocycles. The molecule has 0 radical (unpaired) electrons. The predicted octanol–water partition coefficient (Wildman–Crippen LogP) is 3.09. The summed E-state index contributed by atoms with van der Waals surface area (Å²) < 4.78 is 24.8. The van der Waals surface area contributed by atoms with Gasteiger partial charge in [-0.3, -0.25) is 14.6 Å². The highest BCUT2D eigenvalue weighted by atomic mass is 19.1. The Morgan fingerprint density at radius 2 is 1.85 bits per heavy atom. The van der Waals surface area contributed by atoms with E-state index < -0.39 is 12.4 Å². The molecule has 0 spiro atoms. The van der Waals surface area contributed by atoms with Crippen LogP contribution in [0.4, 0.5) is 15.9 Å². The fourth-order valence-corrected chi connectivity index (χ4v) is 7.90. The average Bonchev–Trinajstić information content (AvgIpc) is 3.83. The summed E-state index contributed by atoms with van der Waals surface area (Å²) >= 11 is 0. The molecule has 248 valence electrons. The van der Waals surface area contributed by atoms with E-state index >= 15 is 4.39 Å². The monoisotopic (exact) mass is 651 g/mol. The molecule has 48 heavy (non-hydrogen) atoms. The number of fused-ring (bicyclic) bond motifs is 4. The lowest BCUT2D eigenvalue weighted by atomic mass is 9.98. The highest BCUT2D eigenvalue weighted by Crippen LogP contribution is 2.36. The highest BCUT2D eigenvalue weighted by Gasteiger charge is 2.33. The Bertz CT molecular complexity index is 1970. The third-order valence-corrected chi connectivity index (χ3v) is 10.6. The fourth-order valence-electron chi connectivity index (χ4n) is 7.90. The van der Waals surface area contributed by atoms with Gasteiger partial charge in [0.05, 0.1) is 43.3 Å². The van der Waals surface area contributed by atoms with Gasteiger partial charge in [0.2, 0.25) is 0 Å². The van der Waals surface area contributed by atoms with Gasteiger partial charge in [-0.05, 0) is 55.5 Å². The van der Waals surface area contributed by atoms with Crippen LogP contribution >= 0.6 is 0 Å². The number of aliphatic hydroxyl groups excluding tert-OH is 1. The molecule has 1 atom stereocenters. The van der Waals surface area contributed by atoms with Crippen LogP contribution in [0.15, 0.2) is 53.7 Å². The van der Waals surface area contributed by atoms with E-state index in [2.05, 4.69) is 35.7 Å². The maximum Gasteiger partial charge on any atom is 0.274 e. The topological polar surface area (TPSA) is 116 Å². The lowest BCUT2D eigenvalue weighted by molar-refractivity contribution is -0.0770. The van der Waals surface area contributed by atoms with Crippen molar-refractivity contribution < 1.29 is 19.0 Å². The zero-order chi connectivity index (χ0) is 32.4. The zero-order valence-corrected chi connectivity index (χ0v) is 26.7. The summed E-state index contributed by atoms with van der Waals surface area (Å²) in [4.78, 5) is 34.5. The summed E-state index contributed by atoms with van der Waals surface area (Å²) in [6.45, 7) is 6.21. The summed E-state index contributed by atoms with van der Waals surface area (Å²) in [6.07, 6.45) is 13.5. The lowest BCUT2D eigenvalue weighted by Crippen LogP contribution is -2.57. The number of aromatic nitrogens is 4. The number of nitrogens with one attached hydrogen (secondary N) is 1. The van der Waals surface area contributed by atoms with Crippen molar-refractivity contribution in [2.75, 3.05) is 56.2 Å². The maximum absolute atomic E-state index is 15.5. The van der Waals surface area contributed by atoms with E-state index in [-0.39, 0.29) is 11.9 Å². The first-order valence-corrected chi connectivity index (χ1v) is 16.9. The van der Waals surface area contributed by atoms with Gasteiger partial charge in [0.1, 0.15) is 17.3 Å². The number of anilines is 2. The van der Waals surface area contributed by atoms with Gasteiger partial charge in [-0.1, -0.05) is 0 Å². The number of hydrogen-bond donors (Lipinski definition) is 2. The highest BCUT2D eigenvalue weighted by molar-refractivity contribution is 6.07. The van der Waals surface area contributed by atoms with Gasteiger partial charge in [-0.25, -0.2) is 19.4 Å². The number of ether oxygens (including phenoxy) is 1. The molecular weight excluding hydrogens is 613 g/mol. The standard InChI is InChI=1S/C35H38FN9O3/c36-23-14-26(27(19-46)30(15-23)45-12-11-44-29-4-2-1-3-22(29)13-31(44)35(45)47)28-18-43-6-5-37-34(43)33(39-28)40-32-16-24(17-38-32)41-7-9-42(10-8-41)25-20-48-21-25/h5-6,13-18,24-25,46H,1-4,7-12,19-21H2,(H,39,40). The Morgan fingerprint density at radius 3 is 2.67 bits per heavy atom. The lowest BCUT2D eigenvalue weighted by Gasteiger charge is -2.43. The average molecular weight is 652 g/mol. The number of rotatable bonds is 7. The Balaban J connectivity index is 1.01. The number of aliphatic imine (C=N–C) groups is 1. The third kappa shape index (κ3) is 5.04. The summed E-state index contributed by atoms with van der Waals surface area (Å²) in [5.41, 5.74) is 5.36. The van der Waals surface area contributed by atoms with Crippen LogP contribution in [0.2, 0.25) is 0 Å². The molecule has 1 aliphatic carbocycles. The van der Waals surface area contributed by atoms with Crippen molar-refractivity contribution in [2.45, 2.75) is 50.9 Å². The van der Waals surface area contributed by atoms with E-state index in [1.807, 2.05) is 16.7 Å². The molecule has 13 heteroatoms. The number of carbonyl (C=O) groups excluding carboxylic acids is 1. The number of piperazine rings is 1. The number of aryl methyl sites for hydroxylation is 1. The van der Waals surface area contributed by atoms with Crippen LogP contribution < -0.4 is 10.2 Å². The molecule has 2 N–H and O–H groups in total. The molecule has 2 saturated heterocycles. The van der Waals surface area contributed by atoms with Crippen LogP contribution in [-0.2, 0) is 30.7 Å². The van der Waals surface area contributed by atoms with Crippen LogP contribution in [0, 0.1) is 5.82 Å². The van der Waals surface area contributed by atoms with Crippen molar-refractivity contribution in [1.82, 2.24) is 28.7 Å². The minimum absolute atomic E-state index is 0.0757. The summed E-state index contributed by atoms with van der Waals surface area (Å²) in [7, 11) is 0. The molecule has 0 bridgehead atoms. The van der Waals surface area contributed by atoms with Crippen molar-refractivity contribution in [3.63, 3.8) is 0 Å². The van der Waals surface area contributed by atoms with E-state index in [4.69, 9.17) is 9.72 Å². The molecule has 2 fully saturated rings. The van der Waals surface area contributed by atoms with Crippen molar-refractivity contribution >= 4 is 29.3 Å². The van der Waals surface area contributed by atoms with Crippen LogP contribution in [0.25, 0.3) is 16.9 Å².